The van der Waals surface area contributed by atoms with Gasteiger partial charge < -0.3 is 10.2 Å². The summed E-state index contributed by atoms with van der Waals surface area (Å²) < 4.78 is 26.4. The lowest BCUT2D eigenvalue weighted by molar-refractivity contribution is 0.0827. The fourth-order valence-corrected chi connectivity index (χ4v) is 2.60. The Balaban J connectivity index is 0.00000400. The van der Waals surface area contributed by atoms with Gasteiger partial charge in [-0.3, -0.25) is 4.79 Å². The maximum atomic E-state index is 12.0. The van der Waals surface area contributed by atoms with Crippen LogP contribution in [0.1, 0.15) is 17.3 Å². The molecule has 0 saturated heterocycles. The van der Waals surface area contributed by atoms with E-state index in [0.29, 0.717) is 18.7 Å². The summed E-state index contributed by atoms with van der Waals surface area (Å²) in [5.74, 6) is -0.158. The number of carbonyl (C=O) groups is 1. The van der Waals surface area contributed by atoms with Crippen molar-refractivity contribution in [3.05, 3.63) is 29.8 Å². The van der Waals surface area contributed by atoms with E-state index in [1.165, 1.54) is 29.2 Å². The minimum Gasteiger partial charge on any atom is -0.345 e. The van der Waals surface area contributed by atoms with Crippen LogP contribution in [0.2, 0.25) is 0 Å². The first-order valence-electron chi connectivity index (χ1n) is 6.40. The molecule has 8 heteroatoms. The highest BCUT2D eigenvalue weighted by molar-refractivity contribution is 7.89. The molecule has 0 atom stereocenters. The van der Waals surface area contributed by atoms with Crippen molar-refractivity contribution in [3.63, 3.8) is 0 Å². The second kappa shape index (κ2) is 8.99. The summed E-state index contributed by atoms with van der Waals surface area (Å²) in [6, 6.07) is 5.90. The number of hydrogen-bond donors (Lipinski definition) is 2. The Morgan fingerprint density at radius 2 is 1.71 bits per heavy atom. The largest absolute Gasteiger partial charge is 0.345 e. The number of nitrogens with one attached hydrogen (secondary N) is 2. The van der Waals surface area contributed by atoms with Gasteiger partial charge in [-0.1, -0.05) is 6.92 Å². The minimum absolute atomic E-state index is 0. The van der Waals surface area contributed by atoms with Gasteiger partial charge in [-0.25, -0.2) is 13.1 Å². The van der Waals surface area contributed by atoms with Gasteiger partial charge in [-0.05, 0) is 30.8 Å². The monoisotopic (exact) mass is 335 g/mol. The van der Waals surface area contributed by atoms with Gasteiger partial charge in [0, 0.05) is 32.7 Å². The first-order chi connectivity index (χ1) is 9.38. The second-order valence-corrected chi connectivity index (χ2v) is 6.24. The van der Waals surface area contributed by atoms with Crippen molar-refractivity contribution < 1.29 is 13.2 Å². The average Bonchev–Trinajstić information content (AvgIpc) is 2.43. The molecule has 0 unspecified atom stereocenters. The van der Waals surface area contributed by atoms with Crippen LogP contribution in [0.3, 0.4) is 0 Å². The summed E-state index contributed by atoms with van der Waals surface area (Å²) in [5, 5.41) is 3.03. The zero-order valence-corrected chi connectivity index (χ0v) is 14.1. The maximum absolute atomic E-state index is 12.0. The van der Waals surface area contributed by atoms with Crippen LogP contribution >= 0.6 is 12.4 Å². The van der Waals surface area contributed by atoms with Crippen molar-refractivity contribution >= 4 is 28.3 Å². The normalized spacial score (nSPS) is 10.8. The molecular formula is C13H22ClN3O3S. The topological polar surface area (TPSA) is 78.5 Å². The molecule has 0 spiro atoms. The van der Waals surface area contributed by atoms with Crippen LogP contribution in [0.5, 0.6) is 0 Å². The molecule has 0 aliphatic rings. The van der Waals surface area contributed by atoms with Crippen LogP contribution in [0.4, 0.5) is 0 Å². The molecule has 0 aliphatic heterocycles. The maximum Gasteiger partial charge on any atom is 0.253 e. The van der Waals surface area contributed by atoms with E-state index in [0.717, 1.165) is 6.54 Å². The molecule has 0 aromatic heterocycles. The van der Waals surface area contributed by atoms with Crippen LogP contribution in [0.25, 0.3) is 0 Å². The Hall–Kier alpha value is -1.15. The third-order valence-electron chi connectivity index (χ3n) is 2.66. The first kappa shape index (κ1) is 19.9. The fourth-order valence-electron chi connectivity index (χ4n) is 1.57. The predicted octanol–water partition coefficient (Wildman–Crippen LogP) is 0.698. The quantitative estimate of drug-likeness (QED) is 0.719. The summed E-state index contributed by atoms with van der Waals surface area (Å²) in [5.41, 5.74) is 0.460. The molecule has 0 heterocycles. The molecule has 0 bridgehead atoms. The number of carbonyl (C=O) groups excluding carboxylic acids is 1. The van der Waals surface area contributed by atoms with E-state index in [1.807, 2.05) is 6.92 Å². The third kappa shape index (κ3) is 6.01. The highest BCUT2D eigenvalue weighted by atomic mass is 35.5. The summed E-state index contributed by atoms with van der Waals surface area (Å²) >= 11 is 0. The average molecular weight is 336 g/mol. The van der Waals surface area contributed by atoms with Crippen LogP contribution in [0, 0.1) is 0 Å². The van der Waals surface area contributed by atoms with Crippen LogP contribution in [0.15, 0.2) is 29.2 Å². The molecule has 1 aromatic rings. The molecule has 1 rings (SSSR count). The van der Waals surface area contributed by atoms with Gasteiger partial charge in [-0.15, -0.1) is 12.4 Å². The Labute approximate surface area is 132 Å². The van der Waals surface area contributed by atoms with Crippen LogP contribution in [-0.2, 0) is 10.0 Å². The van der Waals surface area contributed by atoms with Crippen molar-refractivity contribution in [1.29, 1.82) is 0 Å². The number of amides is 1. The standard InChI is InChI=1S/C13H21N3O3S.ClH/c1-4-14-9-10-15-20(18,19)12-7-5-11(6-8-12)13(17)16(2)3;/h5-8,14-15H,4,9-10H2,1-3H3;1H. The van der Waals surface area contributed by atoms with Gasteiger partial charge in [0.05, 0.1) is 4.90 Å². The van der Waals surface area contributed by atoms with E-state index >= 15 is 0 Å². The van der Waals surface area contributed by atoms with Crippen molar-refractivity contribution in [1.82, 2.24) is 14.9 Å². The molecule has 1 aromatic carbocycles. The molecule has 0 saturated carbocycles. The third-order valence-corrected chi connectivity index (χ3v) is 4.14. The summed E-state index contributed by atoms with van der Waals surface area (Å²) in [7, 11) is -0.222. The van der Waals surface area contributed by atoms with E-state index in [-0.39, 0.29) is 23.2 Å². The van der Waals surface area contributed by atoms with Gasteiger partial charge in [0.15, 0.2) is 0 Å². The van der Waals surface area contributed by atoms with Gasteiger partial charge >= 0.3 is 0 Å². The molecule has 21 heavy (non-hydrogen) atoms. The van der Waals surface area contributed by atoms with Crippen molar-refractivity contribution in [2.45, 2.75) is 11.8 Å². The number of benzene rings is 1. The first-order valence-corrected chi connectivity index (χ1v) is 7.89. The molecular weight excluding hydrogens is 314 g/mol. The molecule has 120 valence electrons. The van der Waals surface area contributed by atoms with E-state index in [1.54, 1.807) is 14.1 Å². The van der Waals surface area contributed by atoms with Gasteiger partial charge in [0.1, 0.15) is 0 Å². The Morgan fingerprint density at radius 3 is 2.19 bits per heavy atom. The zero-order valence-electron chi connectivity index (χ0n) is 12.4. The molecule has 2 N–H and O–H groups in total. The lowest BCUT2D eigenvalue weighted by Crippen LogP contribution is -2.31. The van der Waals surface area contributed by atoms with Gasteiger partial charge in [0.25, 0.3) is 5.91 Å². The van der Waals surface area contributed by atoms with E-state index in [9.17, 15) is 13.2 Å². The second-order valence-electron chi connectivity index (χ2n) is 4.48. The van der Waals surface area contributed by atoms with E-state index in [4.69, 9.17) is 0 Å². The van der Waals surface area contributed by atoms with E-state index < -0.39 is 10.0 Å². The SMILES string of the molecule is CCNCCNS(=O)(=O)c1ccc(C(=O)N(C)C)cc1.Cl. The highest BCUT2D eigenvalue weighted by Gasteiger charge is 2.14. The number of likely N-dealkylation sites (N-methyl/N-ethyl adjacent to an activating group) is 1. The van der Waals surface area contributed by atoms with E-state index in [2.05, 4.69) is 10.0 Å². The minimum atomic E-state index is -3.52. The predicted molar refractivity (Wildman–Crippen MR) is 85.4 cm³/mol. The molecule has 0 fully saturated rings. The number of rotatable bonds is 7. The van der Waals surface area contributed by atoms with Crippen LogP contribution < -0.4 is 10.0 Å². The summed E-state index contributed by atoms with van der Waals surface area (Å²) in [4.78, 5) is 13.3. The molecule has 6 nitrogen and oxygen atoms in total. The molecule has 0 aliphatic carbocycles. The molecule has 1 amide bonds. The summed E-state index contributed by atoms with van der Waals surface area (Å²) in [6.45, 7) is 3.65. The van der Waals surface area contributed by atoms with Gasteiger partial charge in [-0.2, -0.15) is 0 Å². The summed E-state index contributed by atoms with van der Waals surface area (Å²) in [6.07, 6.45) is 0. The van der Waals surface area contributed by atoms with Crippen LogP contribution in [-0.4, -0.2) is 53.0 Å². The zero-order chi connectivity index (χ0) is 15.2. The van der Waals surface area contributed by atoms with Gasteiger partial charge in [0.2, 0.25) is 10.0 Å². The fraction of sp³-hybridized carbons (Fsp3) is 0.462. The Kier molecular flexibility index (Phi) is 8.50. The van der Waals surface area contributed by atoms with Crippen molar-refractivity contribution in [2.24, 2.45) is 0 Å². The van der Waals surface area contributed by atoms with Crippen molar-refractivity contribution in [3.8, 4) is 0 Å². The Morgan fingerprint density at radius 1 is 1.14 bits per heavy atom. The Bertz CT molecular complexity index is 544. The molecule has 0 radical (unpaired) electrons. The smallest absolute Gasteiger partial charge is 0.253 e. The number of nitrogens with zero attached hydrogens (tertiary/aromatic N) is 1. The number of hydrogen-bond acceptors (Lipinski definition) is 4. The van der Waals surface area contributed by atoms with Crippen molar-refractivity contribution in [2.75, 3.05) is 33.7 Å². The number of halogens is 1. The number of sulfonamides is 1. The lowest BCUT2D eigenvalue weighted by atomic mass is 10.2. The highest BCUT2D eigenvalue weighted by Crippen LogP contribution is 2.11. The lowest BCUT2D eigenvalue weighted by Gasteiger charge is -2.11.